The molecule has 2 aromatic heterocycles. The highest BCUT2D eigenvalue weighted by molar-refractivity contribution is 7.92. The Kier molecular flexibility index (Phi) is 14.7. The Morgan fingerprint density at radius 2 is 1.03 bits per heavy atom. The van der Waals surface area contributed by atoms with E-state index < -0.39 is 25.3 Å². The molecule has 8 aromatic rings. The normalized spacial score (nSPS) is 15.1. The van der Waals surface area contributed by atoms with Gasteiger partial charge >= 0.3 is 6.09 Å². The number of nitrogens with one attached hydrogen (secondary N) is 5. The van der Waals surface area contributed by atoms with Gasteiger partial charge in [0, 0.05) is 58.1 Å². The van der Waals surface area contributed by atoms with Gasteiger partial charge in [-0.1, -0.05) is 72.8 Å². The Morgan fingerprint density at radius 1 is 0.597 bits per heavy atom. The third kappa shape index (κ3) is 10.5. The zero-order chi connectivity index (χ0) is 45.3. The van der Waals surface area contributed by atoms with Crippen LogP contribution in [0.15, 0.2) is 141 Å². The molecule has 2 aliphatic heterocycles. The lowest BCUT2D eigenvalue weighted by Crippen LogP contribution is -2.44. The maximum absolute atomic E-state index is 13.7. The van der Waals surface area contributed by atoms with Gasteiger partial charge in [0.25, 0.3) is 0 Å². The van der Waals surface area contributed by atoms with Crippen LogP contribution < -0.4 is 16.0 Å². The smallest absolute Gasteiger partial charge is 0.410 e. The van der Waals surface area contributed by atoms with Crippen LogP contribution in [0, 0.1) is 0 Å². The molecular weight excluding hydrogens is 932 g/mol. The number of hydrogen-bond donors (Lipinski definition) is 5. The largest absolute Gasteiger partial charge is 0.444 e. The summed E-state index contributed by atoms with van der Waals surface area (Å²) in [5.41, 5.74) is 2.43. The summed E-state index contributed by atoms with van der Waals surface area (Å²) in [7, 11) is -7.59. The number of halogens is 2. The van der Waals surface area contributed by atoms with E-state index in [1.807, 2.05) is 118 Å². The predicted octanol–water partition coefficient (Wildman–Crippen LogP) is 9.92. The molecule has 0 atom stereocenters. The summed E-state index contributed by atoms with van der Waals surface area (Å²) >= 11 is 0. The number of carbonyl (C=O) groups is 1. The van der Waals surface area contributed by atoms with E-state index in [2.05, 4.69) is 36.3 Å². The molecule has 0 spiro atoms. The van der Waals surface area contributed by atoms with Crippen LogP contribution in [-0.2, 0) is 24.4 Å². The van der Waals surface area contributed by atoms with Crippen molar-refractivity contribution in [3.05, 3.63) is 121 Å². The van der Waals surface area contributed by atoms with Gasteiger partial charge in [0.05, 0.1) is 20.8 Å². The first-order chi connectivity index (χ1) is 31.2. The van der Waals surface area contributed by atoms with E-state index in [0.29, 0.717) is 51.7 Å². The number of nitrogens with zero attached hydrogens (tertiary/aromatic N) is 3. The van der Waals surface area contributed by atoms with Gasteiger partial charge in [-0.15, -0.1) is 24.8 Å². The van der Waals surface area contributed by atoms with Crippen molar-refractivity contribution < 1.29 is 26.4 Å². The average Bonchev–Trinajstić information content (AvgIpc) is 3.94. The van der Waals surface area contributed by atoms with E-state index in [1.165, 1.54) is 0 Å². The number of rotatable bonds is 8. The van der Waals surface area contributed by atoms with Gasteiger partial charge in [0.15, 0.2) is 10.1 Å². The first-order valence-electron chi connectivity index (χ1n) is 21.9. The van der Waals surface area contributed by atoms with Crippen LogP contribution >= 0.6 is 24.8 Å². The predicted molar refractivity (Wildman–Crippen MR) is 269 cm³/mol. The highest BCUT2D eigenvalue weighted by atomic mass is 35.5. The maximum atomic E-state index is 13.7. The number of piperidine rings is 2. The van der Waals surface area contributed by atoms with Crippen molar-refractivity contribution in [3.8, 4) is 0 Å². The van der Waals surface area contributed by atoms with Crippen molar-refractivity contribution in [1.82, 2.24) is 30.6 Å². The van der Waals surface area contributed by atoms with E-state index in [9.17, 15) is 21.6 Å². The Labute approximate surface area is 402 Å². The molecule has 2 aliphatic rings. The maximum Gasteiger partial charge on any atom is 0.410 e. The average molecular weight is 986 g/mol. The summed E-state index contributed by atoms with van der Waals surface area (Å²) in [4.78, 5) is 14.6. The van der Waals surface area contributed by atoms with Gasteiger partial charge in [0.2, 0.25) is 19.7 Å². The third-order valence-electron chi connectivity index (χ3n) is 11.9. The zero-order valence-electron chi connectivity index (χ0n) is 37.3. The number of H-pyrrole nitrogens is 2. The number of ether oxygens (including phenoxy) is 1. The summed E-state index contributed by atoms with van der Waals surface area (Å²) in [5, 5.41) is 28.9. The molecule has 10 rings (SSSR count). The number of anilines is 2. The minimum atomic E-state index is -3.83. The molecule has 2 saturated heterocycles. The van der Waals surface area contributed by atoms with Crippen molar-refractivity contribution in [1.29, 1.82) is 0 Å². The van der Waals surface area contributed by atoms with E-state index >= 15 is 0 Å². The number of sulfone groups is 2. The molecule has 18 heteroatoms. The number of aromatic nitrogens is 4. The highest BCUT2D eigenvalue weighted by Gasteiger charge is 2.29. The number of carbonyl (C=O) groups excluding carboxylic acids is 1. The minimum absolute atomic E-state index is 0. The molecule has 0 saturated carbocycles. The topological polar surface area (TPSA) is 191 Å². The summed E-state index contributed by atoms with van der Waals surface area (Å²) in [6.07, 6.45) is 3.34. The number of aromatic amines is 2. The summed E-state index contributed by atoms with van der Waals surface area (Å²) in [5.74, 6) is 0. The SMILES string of the molecule is CC(C)(C)OC(=O)N1CCC(Nc2ccc3n[nH]c(S(=O)(=O)c4cccc5ccccc45)c3c2)CC1.Cl.Cl.O=S(=O)(c1cccc2ccccc12)c1[nH]nc2ccc(NC3CCNCC3)cc12. The van der Waals surface area contributed by atoms with Gasteiger partial charge in [-0.05, 0) is 119 Å². The second-order valence-electron chi connectivity index (χ2n) is 17.6. The van der Waals surface area contributed by atoms with Gasteiger partial charge in [-0.3, -0.25) is 10.2 Å². The van der Waals surface area contributed by atoms with Gasteiger partial charge in [-0.2, -0.15) is 10.2 Å². The van der Waals surface area contributed by atoms with Crippen LogP contribution in [0.5, 0.6) is 0 Å². The number of hydrogen-bond acceptors (Lipinski definition) is 11. The third-order valence-corrected chi connectivity index (χ3v) is 15.4. The molecule has 4 heterocycles. The van der Waals surface area contributed by atoms with Crippen LogP contribution in [0.3, 0.4) is 0 Å². The molecule has 0 unspecified atom stereocenters. The van der Waals surface area contributed by atoms with Gasteiger partial charge in [0.1, 0.15) is 5.60 Å². The van der Waals surface area contributed by atoms with E-state index in [1.54, 1.807) is 29.2 Å². The number of benzene rings is 6. The Hall–Kier alpha value is -5.91. The second-order valence-corrected chi connectivity index (χ2v) is 21.3. The molecule has 0 bridgehead atoms. The highest BCUT2D eigenvalue weighted by Crippen LogP contribution is 2.34. The lowest BCUT2D eigenvalue weighted by molar-refractivity contribution is 0.0210. The van der Waals surface area contributed by atoms with Crippen LogP contribution in [0.25, 0.3) is 43.4 Å². The molecule has 5 N–H and O–H groups in total. The molecule has 2 fully saturated rings. The van der Waals surface area contributed by atoms with Gasteiger partial charge in [-0.25, -0.2) is 21.6 Å². The van der Waals surface area contributed by atoms with Crippen LogP contribution in [0.2, 0.25) is 0 Å². The van der Waals surface area contributed by atoms with E-state index in [-0.39, 0.29) is 56.8 Å². The minimum Gasteiger partial charge on any atom is -0.444 e. The summed E-state index contributed by atoms with van der Waals surface area (Å²) < 4.78 is 59.9. The lowest BCUT2D eigenvalue weighted by Gasteiger charge is -2.34. The number of amides is 1. The molecule has 14 nitrogen and oxygen atoms in total. The Morgan fingerprint density at radius 3 is 1.49 bits per heavy atom. The quantitative estimate of drug-likeness (QED) is 0.0974. The van der Waals surface area contributed by atoms with Crippen LogP contribution in [0.4, 0.5) is 16.2 Å². The van der Waals surface area contributed by atoms with Crippen molar-refractivity contribution in [2.24, 2.45) is 0 Å². The number of likely N-dealkylation sites (tertiary alicyclic amines) is 1. The van der Waals surface area contributed by atoms with Crippen LogP contribution in [0.1, 0.15) is 46.5 Å². The van der Waals surface area contributed by atoms with Crippen LogP contribution in [-0.4, -0.2) is 92.1 Å². The Bertz CT molecular complexity index is 3260. The molecular formula is C49H54Cl2N8O6S2. The standard InChI is InChI=1S/C27H30N4O4S.C22H22N4O2S.2ClH/c1-27(2,3)35-26(32)31-15-13-19(14-16-31)28-20-11-12-23-22(17-20)25(30-29-23)36(33,34)24-10-6-8-18-7-4-5-9-21(18)24;27-29(28,21-7-3-5-15-4-1-2-6-18(15)21)22-19-14-17(8-9-20(19)25-26-22)24-16-10-12-23-13-11-16;;/h4-12,17,19,28H,13-16H2,1-3H3,(H,29,30);1-9,14,16,23-24H,10-13H2,(H,25,26);2*1H. The van der Waals surface area contributed by atoms with E-state index in [4.69, 9.17) is 4.74 Å². The molecule has 0 radical (unpaired) electrons. The second kappa shape index (κ2) is 20.1. The molecule has 352 valence electrons. The summed E-state index contributed by atoms with van der Waals surface area (Å²) in [6.45, 7) is 8.76. The fraction of sp³-hybridized carbons (Fsp3) is 0.286. The van der Waals surface area contributed by atoms with Crippen molar-refractivity contribution in [2.45, 2.75) is 84.0 Å². The van der Waals surface area contributed by atoms with Crippen molar-refractivity contribution >= 4 is 105 Å². The molecule has 6 aromatic carbocycles. The fourth-order valence-electron chi connectivity index (χ4n) is 8.61. The van der Waals surface area contributed by atoms with Crippen molar-refractivity contribution in [2.75, 3.05) is 36.8 Å². The lowest BCUT2D eigenvalue weighted by atomic mass is 10.0. The molecule has 67 heavy (non-hydrogen) atoms. The summed E-state index contributed by atoms with van der Waals surface area (Å²) in [6, 6.07) is 37.4. The zero-order valence-corrected chi connectivity index (χ0v) is 40.5. The number of fused-ring (bicyclic) bond motifs is 4. The molecule has 0 aliphatic carbocycles. The van der Waals surface area contributed by atoms with E-state index in [0.717, 1.165) is 60.9 Å². The van der Waals surface area contributed by atoms with Crippen molar-refractivity contribution in [3.63, 3.8) is 0 Å². The molecule has 1 amide bonds. The first-order valence-corrected chi connectivity index (χ1v) is 24.8. The fourth-order valence-corrected chi connectivity index (χ4v) is 11.8. The monoisotopic (exact) mass is 984 g/mol. The first kappa shape index (κ1) is 49.0. The Balaban J connectivity index is 0.000000197. The van der Waals surface area contributed by atoms with Gasteiger partial charge < -0.3 is 25.6 Å².